The van der Waals surface area contributed by atoms with Crippen molar-refractivity contribution in [2.75, 3.05) is 13.2 Å². The summed E-state index contributed by atoms with van der Waals surface area (Å²) in [4.78, 5) is 10.3. The van der Waals surface area contributed by atoms with E-state index in [1.807, 2.05) is 27.7 Å². The molecule has 1 saturated heterocycles. The number of carbonyl (C=O) groups is 1. The Hall–Kier alpha value is -0.570. The van der Waals surface area contributed by atoms with Crippen LogP contribution < -0.4 is 10.6 Å². The van der Waals surface area contributed by atoms with E-state index in [1.54, 1.807) is 0 Å². The summed E-state index contributed by atoms with van der Waals surface area (Å²) in [5.41, 5.74) is 0. The number of carbonyl (C=O) groups excluding carboxylic acids is 1. The highest BCUT2D eigenvalue weighted by molar-refractivity contribution is 5.76. The van der Waals surface area contributed by atoms with Crippen molar-refractivity contribution in [3.05, 3.63) is 0 Å². The molecular weight excluding hydrogens is 140 g/mol. The van der Waals surface area contributed by atoms with E-state index in [0.29, 0.717) is 13.1 Å². The molecule has 3 nitrogen and oxygen atoms in total. The van der Waals surface area contributed by atoms with Crippen LogP contribution >= 0.6 is 0 Å². The number of hydrogen-bond acceptors (Lipinski definition) is 2. The third-order valence-corrected chi connectivity index (χ3v) is 0.939. The van der Waals surface area contributed by atoms with Gasteiger partial charge in [-0.3, -0.25) is 10.1 Å². The molecule has 0 unspecified atom stereocenters. The largest absolute Gasteiger partial charge is 0.344 e. The molecule has 0 spiro atoms. The molecule has 0 saturated carbocycles. The molecule has 0 aliphatic carbocycles. The molecule has 2 N–H and O–H groups in total. The monoisotopic (exact) mass is 160 g/mol. The maximum atomic E-state index is 10.3. The summed E-state index contributed by atoms with van der Waals surface area (Å²) in [5.74, 6) is 0.152. The van der Waals surface area contributed by atoms with Crippen molar-refractivity contribution in [2.24, 2.45) is 0 Å². The Labute approximate surface area is 69.6 Å². The summed E-state index contributed by atoms with van der Waals surface area (Å²) in [7, 11) is 0. The van der Waals surface area contributed by atoms with Gasteiger partial charge >= 0.3 is 0 Å². The van der Waals surface area contributed by atoms with Gasteiger partial charge in [-0.25, -0.2) is 0 Å². The predicted octanol–water partition coefficient (Wildman–Crippen LogP) is 1.11. The first-order valence-corrected chi connectivity index (χ1v) is 4.37. The van der Waals surface area contributed by atoms with Crippen LogP contribution in [0.1, 0.15) is 34.1 Å². The molecule has 0 bridgehead atoms. The van der Waals surface area contributed by atoms with Crippen LogP contribution in [0.2, 0.25) is 0 Å². The fourth-order valence-electron chi connectivity index (χ4n) is 0.540. The van der Waals surface area contributed by atoms with Crippen molar-refractivity contribution in [1.82, 2.24) is 10.6 Å². The summed E-state index contributed by atoms with van der Waals surface area (Å²) in [5, 5.41) is 5.62. The summed E-state index contributed by atoms with van der Waals surface area (Å²) in [6.07, 6.45) is 0.625. The molecule has 68 valence electrons. The highest BCUT2D eigenvalue weighted by Gasteiger charge is 2.02. The van der Waals surface area contributed by atoms with E-state index in [-0.39, 0.29) is 5.91 Å². The zero-order valence-electron chi connectivity index (χ0n) is 8.03. The van der Waals surface area contributed by atoms with E-state index < -0.39 is 0 Å². The third-order valence-electron chi connectivity index (χ3n) is 0.939. The SMILES string of the molecule is CC.CC.O=C1CCNCN1. The Bertz CT molecular complexity index is 76.2. The highest BCUT2D eigenvalue weighted by atomic mass is 16.1. The van der Waals surface area contributed by atoms with E-state index in [9.17, 15) is 4.79 Å². The Morgan fingerprint density at radius 3 is 1.91 bits per heavy atom. The second-order valence-corrected chi connectivity index (χ2v) is 1.53. The lowest BCUT2D eigenvalue weighted by Gasteiger charge is -2.11. The lowest BCUT2D eigenvalue weighted by molar-refractivity contribution is -0.122. The first kappa shape index (κ1) is 13.1. The Kier molecular flexibility index (Phi) is 14.4. The molecule has 0 atom stereocenters. The van der Waals surface area contributed by atoms with Gasteiger partial charge in [0, 0.05) is 13.0 Å². The van der Waals surface area contributed by atoms with Gasteiger partial charge < -0.3 is 5.32 Å². The molecule has 1 aliphatic rings. The standard InChI is InChI=1S/C4H8N2O.2C2H6/c7-4-1-2-5-3-6-4;2*1-2/h5H,1-3H2,(H,6,7);2*1-2H3. The van der Waals surface area contributed by atoms with Crippen molar-refractivity contribution in [3.63, 3.8) is 0 Å². The zero-order valence-corrected chi connectivity index (χ0v) is 8.03. The van der Waals surface area contributed by atoms with Crippen LogP contribution in [0.4, 0.5) is 0 Å². The Balaban J connectivity index is 0. The van der Waals surface area contributed by atoms with Gasteiger partial charge in [-0.1, -0.05) is 27.7 Å². The fourth-order valence-corrected chi connectivity index (χ4v) is 0.540. The van der Waals surface area contributed by atoms with Gasteiger partial charge in [0.25, 0.3) is 0 Å². The van der Waals surface area contributed by atoms with Crippen molar-refractivity contribution < 1.29 is 4.79 Å². The normalized spacial score (nSPS) is 14.7. The van der Waals surface area contributed by atoms with Crippen LogP contribution in [0, 0.1) is 0 Å². The van der Waals surface area contributed by atoms with E-state index in [2.05, 4.69) is 10.6 Å². The lowest BCUT2D eigenvalue weighted by atomic mass is 10.4. The van der Waals surface area contributed by atoms with Crippen molar-refractivity contribution in [2.45, 2.75) is 34.1 Å². The van der Waals surface area contributed by atoms with Gasteiger partial charge in [0.05, 0.1) is 6.67 Å². The molecule has 1 rings (SSSR count). The molecule has 1 fully saturated rings. The number of nitrogens with one attached hydrogen (secondary N) is 2. The second-order valence-electron chi connectivity index (χ2n) is 1.53. The van der Waals surface area contributed by atoms with Crippen molar-refractivity contribution in [1.29, 1.82) is 0 Å². The third kappa shape index (κ3) is 9.43. The summed E-state index contributed by atoms with van der Waals surface area (Å²) >= 11 is 0. The first-order valence-electron chi connectivity index (χ1n) is 4.37. The number of hydrogen-bond donors (Lipinski definition) is 2. The molecule has 3 heteroatoms. The summed E-state index contributed by atoms with van der Waals surface area (Å²) in [6, 6.07) is 0. The fraction of sp³-hybridized carbons (Fsp3) is 0.875. The Morgan fingerprint density at radius 2 is 1.73 bits per heavy atom. The van der Waals surface area contributed by atoms with Gasteiger partial charge in [0.2, 0.25) is 5.91 Å². The molecule has 1 heterocycles. The van der Waals surface area contributed by atoms with Gasteiger partial charge in [0.1, 0.15) is 0 Å². The minimum Gasteiger partial charge on any atom is -0.344 e. The molecule has 11 heavy (non-hydrogen) atoms. The first-order chi connectivity index (χ1) is 5.39. The molecule has 1 amide bonds. The number of rotatable bonds is 0. The minimum absolute atomic E-state index is 0.152. The highest BCUT2D eigenvalue weighted by Crippen LogP contribution is 1.79. The van der Waals surface area contributed by atoms with Crippen molar-refractivity contribution in [3.8, 4) is 0 Å². The lowest BCUT2D eigenvalue weighted by Crippen LogP contribution is -2.41. The van der Waals surface area contributed by atoms with Crippen LogP contribution in [0.3, 0.4) is 0 Å². The van der Waals surface area contributed by atoms with E-state index in [1.165, 1.54) is 0 Å². The summed E-state index contributed by atoms with van der Waals surface area (Å²) in [6.45, 7) is 9.46. The van der Waals surface area contributed by atoms with Gasteiger partial charge in [-0.2, -0.15) is 0 Å². The molecule has 1 aliphatic heterocycles. The van der Waals surface area contributed by atoms with Crippen molar-refractivity contribution >= 4 is 5.91 Å². The Morgan fingerprint density at radius 1 is 1.18 bits per heavy atom. The summed E-state index contributed by atoms with van der Waals surface area (Å²) < 4.78 is 0. The number of amides is 1. The molecule has 0 aromatic carbocycles. The molecule has 0 aromatic rings. The zero-order chi connectivity index (χ0) is 9.11. The molecule has 0 aromatic heterocycles. The van der Waals surface area contributed by atoms with Crippen LogP contribution in [-0.2, 0) is 4.79 Å². The topological polar surface area (TPSA) is 41.1 Å². The van der Waals surface area contributed by atoms with Gasteiger partial charge in [-0.05, 0) is 0 Å². The maximum absolute atomic E-state index is 10.3. The van der Waals surface area contributed by atoms with Crippen LogP contribution in [-0.4, -0.2) is 19.1 Å². The molecular formula is C8H20N2O. The predicted molar refractivity (Wildman–Crippen MR) is 48.3 cm³/mol. The average molecular weight is 160 g/mol. The average Bonchev–Trinajstić information content (AvgIpc) is 2.13. The second kappa shape index (κ2) is 12.1. The quantitative estimate of drug-likeness (QED) is 0.557. The van der Waals surface area contributed by atoms with Gasteiger partial charge in [0.15, 0.2) is 0 Å². The van der Waals surface area contributed by atoms with Gasteiger partial charge in [-0.15, -0.1) is 0 Å². The maximum Gasteiger partial charge on any atom is 0.222 e. The molecule has 0 radical (unpaired) electrons. The van der Waals surface area contributed by atoms with Crippen LogP contribution in [0.5, 0.6) is 0 Å². The van der Waals surface area contributed by atoms with Crippen LogP contribution in [0.15, 0.2) is 0 Å². The van der Waals surface area contributed by atoms with E-state index in [0.717, 1.165) is 6.54 Å². The minimum atomic E-state index is 0.152. The van der Waals surface area contributed by atoms with E-state index in [4.69, 9.17) is 0 Å². The van der Waals surface area contributed by atoms with Crippen LogP contribution in [0.25, 0.3) is 0 Å². The smallest absolute Gasteiger partial charge is 0.222 e. The van der Waals surface area contributed by atoms with E-state index >= 15 is 0 Å².